The molecule has 3 aliphatic rings. The molecule has 1 N–H and O–H groups in total. The van der Waals surface area contributed by atoms with E-state index in [9.17, 15) is 12.8 Å². The molecule has 206 valence electrons. The summed E-state index contributed by atoms with van der Waals surface area (Å²) in [5.41, 5.74) is 10.4. The maximum Gasteiger partial charge on any atom is 0.219 e. The topological polar surface area (TPSA) is 78.4 Å². The van der Waals surface area contributed by atoms with Crippen LogP contribution in [0.2, 0.25) is 0 Å². The van der Waals surface area contributed by atoms with Crippen LogP contribution < -0.4 is 10.4 Å². The van der Waals surface area contributed by atoms with Crippen LogP contribution in [0.3, 0.4) is 0 Å². The van der Waals surface area contributed by atoms with E-state index in [-0.39, 0.29) is 23.4 Å². The number of nitrogens with one attached hydrogen (secondary N) is 1. The van der Waals surface area contributed by atoms with Gasteiger partial charge in [-0.05, 0) is 78.9 Å². The standard InChI is InChI=1S/C31H32FN5O2S/c1-22-29-19-35-37(28-12-10-25(32)11-13-28)30(29)18-23-8-9-24(31(22)23)20-36(17-14-26-6-2-4-15-33-26)40(38,39)21-27-7-3-5-16-34-27/h2-7,10-13,15-16,18-19,22,24,35H,8-9,14,17,20-21H2,1H3/t22-,24+/m0/s1. The molecular formula is C31H32FN5O2S. The summed E-state index contributed by atoms with van der Waals surface area (Å²) in [5.74, 6) is -0.144. The first kappa shape index (κ1) is 26.4. The summed E-state index contributed by atoms with van der Waals surface area (Å²) in [5, 5.41) is 1.98. The number of benzene rings is 1. The van der Waals surface area contributed by atoms with Gasteiger partial charge in [-0.2, -0.15) is 0 Å². The Morgan fingerprint density at radius 3 is 2.45 bits per heavy atom. The van der Waals surface area contributed by atoms with Crippen LogP contribution in [0.1, 0.15) is 31.2 Å². The van der Waals surface area contributed by atoms with Crippen molar-refractivity contribution < 1.29 is 12.8 Å². The Morgan fingerprint density at radius 2 is 1.75 bits per heavy atom. The fourth-order valence-electron chi connectivity index (χ4n) is 6.04. The molecule has 40 heavy (non-hydrogen) atoms. The lowest BCUT2D eigenvalue weighted by Gasteiger charge is -2.32. The Kier molecular flexibility index (Phi) is 7.25. The van der Waals surface area contributed by atoms with Gasteiger partial charge in [0.25, 0.3) is 0 Å². The lowest BCUT2D eigenvalue weighted by molar-refractivity contribution is 0.356. The van der Waals surface area contributed by atoms with Crippen LogP contribution in [0.4, 0.5) is 10.1 Å². The number of allylic oxidation sites excluding steroid dienone is 3. The second-order valence-electron chi connectivity index (χ2n) is 10.5. The minimum Gasteiger partial charge on any atom is -0.301 e. The van der Waals surface area contributed by atoms with Crippen LogP contribution in [0.5, 0.6) is 0 Å². The summed E-state index contributed by atoms with van der Waals surface area (Å²) in [6.45, 7) is 2.99. The van der Waals surface area contributed by atoms with Gasteiger partial charge in [0.2, 0.25) is 10.0 Å². The van der Waals surface area contributed by atoms with Crippen molar-refractivity contribution >= 4 is 15.7 Å². The van der Waals surface area contributed by atoms with E-state index in [1.807, 2.05) is 35.5 Å². The van der Waals surface area contributed by atoms with Gasteiger partial charge in [0, 0.05) is 55.3 Å². The van der Waals surface area contributed by atoms with Gasteiger partial charge in [-0.3, -0.25) is 15.0 Å². The van der Waals surface area contributed by atoms with Gasteiger partial charge in [0.15, 0.2) is 0 Å². The zero-order valence-corrected chi connectivity index (χ0v) is 23.2. The van der Waals surface area contributed by atoms with E-state index in [4.69, 9.17) is 0 Å². The Morgan fingerprint density at radius 1 is 1.02 bits per heavy atom. The summed E-state index contributed by atoms with van der Waals surface area (Å²) in [7, 11) is -3.61. The van der Waals surface area contributed by atoms with Gasteiger partial charge in [-0.25, -0.2) is 17.1 Å². The molecule has 0 unspecified atom stereocenters. The fourth-order valence-corrected chi connectivity index (χ4v) is 7.55. The molecule has 0 spiro atoms. The third-order valence-electron chi connectivity index (χ3n) is 8.00. The Hall–Kier alpha value is -3.82. The van der Waals surface area contributed by atoms with Crippen LogP contribution in [0.15, 0.2) is 108 Å². The maximum absolute atomic E-state index is 13.7. The summed E-state index contributed by atoms with van der Waals surface area (Å²) in [6.07, 6.45) is 9.93. The molecule has 3 heterocycles. The first-order valence-electron chi connectivity index (χ1n) is 13.6. The van der Waals surface area contributed by atoms with Crippen molar-refractivity contribution in [2.45, 2.75) is 31.9 Å². The molecule has 9 heteroatoms. The molecule has 0 fully saturated rings. The predicted octanol–water partition coefficient (Wildman–Crippen LogP) is 5.14. The summed E-state index contributed by atoms with van der Waals surface area (Å²) in [4.78, 5) is 8.68. The zero-order chi connectivity index (χ0) is 27.7. The maximum atomic E-state index is 13.7. The van der Waals surface area contributed by atoms with Crippen LogP contribution in [-0.2, 0) is 22.2 Å². The largest absolute Gasteiger partial charge is 0.301 e. The number of hydrogen-bond donors (Lipinski definition) is 1. The number of halogens is 1. The van der Waals surface area contributed by atoms with Gasteiger partial charge in [-0.15, -0.1) is 0 Å². The zero-order valence-electron chi connectivity index (χ0n) is 22.4. The second kappa shape index (κ2) is 11.0. The molecule has 2 aromatic heterocycles. The molecule has 0 amide bonds. The van der Waals surface area contributed by atoms with Crippen molar-refractivity contribution in [3.05, 3.63) is 125 Å². The number of hydrazine groups is 1. The number of rotatable bonds is 9. The SMILES string of the molecule is C[C@H]1C2=CNN(c3ccc(F)cc3)C2=CC2=C1[C@@H](CN(CCc1ccccn1)S(=O)(=O)Cc1ccccn1)CC2. The molecule has 3 aromatic rings. The molecule has 7 nitrogen and oxygen atoms in total. The molecular weight excluding hydrogens is 525 g/mol. The highest BCUT2D eigenvalue weighted by molar-refractivity contribution is 7.88. The van der Waals surface area contributed by atoms with Gasteiger partial charge in [0.05, 0.1) is 17.1 Å². The van der Waals surface area contributed by atoms with Crippen molar-refractivity contribution in [2.75, 3.05) is 18.1 Å². The van der Waals surface area contributed by atoms with E-state index in [0.29, 0.717) is 25.2 Å². The number of sulfonamides is 1. The molecule has 6 rings (SSSR count). The lowest BCUT2D eigenvalue weighted by Crippen LogP contribution is -2.38. The normalized spacial score (nSPS) is 20.2. The quantitative estimate of drug-likeness (QED) is 0.393. The smallest absolute Gasteiger partial charge is 0.219 e. The van der Waals surface area contributed by atoms with E-state index in [0.717, 1.165) is 35.5 Å². The number of hydrogen-bond acceptors (Lipinski definition) is 6. The third-order valence-corrected chi connectivity index (χ3v) is 9.78. The van der Waals surface area contributed by atoms with Crippen LogP contribution in [0.25, 0.3) is 0 Å². The van der Waals surface area contributed by atoms with Crippen LogP contribution in [-0.4, -0.2) is 35.8 Å². The molecule has 0 radical (unpaired) electrons. The van der Waals surface area contributed by atoms with E-state index >= 15 is 0 Å². The van der Waals surface area contributed by atoms with Crippen LogP contribution in [0, 0.1) is 17.7 Å². The molecule has 1 aromatic carbocycles. The second-order valence-corrected chi connectivity index (χ2v) is 12.5. The molecule has 0 saturated carbocycles. The molecule has 0 bridgehead atoms. The number of nitrogens with zero attached hydrogens (tertiary/aromatic N) is 4. The number of aromatic nitrogens is 2. The van der Waals surface area contributed by atoms with E-state index in [2.05, 4.69) is 28.4 Å². The molecule has 0 saturated heterocycles. The fraction of sp³-hybridized carbons (Fsp3) is 0.290. The number of fused-ring (bicyclic) bond motifs is 1. The highest BCUT2D eigenvalue weighted by Gasteiger charge is 2.39. The van der Waals surface area contributed by atoms with Crippen molar-refractivity contribution in [2.24, 2.45) is 11.8 Å². The average molecular weight is 558 g/mol. The molecule has 2 aliphatic carbocycles. The summed E-state index contributed by atoms with van der Waals surface area (Å²) < 4.78 is 42.6. The Labute approximate surface area is 234 Å². The Balaban J connectivity index is 1.26. The van der Waals surface area contributed by atoms with E-state index < -0.39 is 10.0 Å². The number of pyridine rings is 2. The number of anilines is 1. The Bertz CT molecular complexity index is 1570. The van der Waals surface area contributed by atoms with Gasteiger partial charge >= 0.3 is 0 Å². The molecule has 1 aliphatic heterocycles. The lowest BCUT2D eigenvalue weighted by atomic mass is 9.80. The predicted molar refractivity (Wildman–Crippen MR) is 153 cm³/mol. The van der Waals surface area contributed by atoms with Gasteiger partial charge in [0.1, 0.15) is 11.6 Å². The van der Waals surface area contributed by atoms with E-state index in [1.54, 1.807) is 41.0 Å². The first-order valence-corrected chi connectivity index (χ1v) is 15.2. The summed E-state index contributed by atoms with van der Waals surface area (Å²) >= 11 is 0. The van der Waals surface area contributed by atoms with Crippen molar-refractivity contribution in [3.63, 3.8) is 0 Å². The highest BCUT2D eigenvalue weighted by atomic mass is 32.2. The molecule has 2 atom stereocenters. The third kappa shape index (κ3) is 5.31. The van der Waals surface area contributed by atoms with Gasteiger partial charge < -0.3 is 5.43 Å². The summed E-state index contributed by atoms with van der Waals surface area (Å²) in [6, 6.07) is 17.5. The van der Waals surface area contributed by atoms with Crippen molar-refractivity contribution in [1.29, 1.82) is 0 Å². The first-order chi connectivity index (χ1) is 19.4. The van der Waals surface area contributed by atoms with Gasteiger partial charge in [-0.1, -0.05) is 24.6 Å². The van der Waals surface area contributed by atoms with Crippen LogP contribution >= 0.6 is 0 Å². The monoisotopic (exact) mass is 557 g/mol. The minimum absolute atomic E-state index is 0.116. The van der Waals surface area contributed by atoms with Crippen molar-refractivity contribution in [3.8, 4) is 0 Å². The average Bonchev–Trinajstić information content (AvgIpc) is 3.57. The highest BCUT2D eigenvalue weighted by Crippen LogP contribution is 2.48. The van der Waals surface area contributed by atoms with E-state index in [1.165, 1.54) is 23.3 Å². The van der Waals surface area contributed by atoms with Crippen molar-refractivity contribution in [1.82, 2.24) is 19.7 Å². The minimum atomic E-state index is -3.61.